The number of rotatable bonds is 5. The summed E-state index contributed by atoms with van der Waals surface area (Å²) in [5.74, 6) is 0.317. The molecule has 1 aromatic rings. The minimum Gasteiger partial charge on any atom is -0.495 e. The SMILES string of the molecule is COc1ccc(CNC(=O)C2CCCO2)cc1NC(C)=O. The number of nitrogens with one attached hydrogen (secondary N) is 2. The van der Waals surface area contributed by atoms with Gasteiger partial charge in [-0.3, -0.25) is 9.59 Å². The van der Waals surface area contributed by atoms with Gasteiger partial charge in [0.1, 0.15) is 11.9 Å². The Morgan fingerprint density at radius 2 is 2.24 bits per heavy atom. The Bertz CT molecular complexity index is 524. The predicted octanol–water partition coefficient (Wildman–Crippen LogP) is 1.45. The molecule has 0 radical (unpaired) electrons. The molecule has 0 bridgehead atoms. The van der Waals surface area contributed by atoms with Crippen molar-refractivity contribution < 1.29 is 19.1 Å². The van der Waals surface area contributed by atoms with Crippen LogP contribution in [-0.4, -0.2) is 31.6 Å². The van der Waals surface area contributed by atoms with Gasteiger partial charge in [-0.15, -0.1) is 0 Å². The first kappa shape index (κ1) is 15.3. The zero-order chi connectivity index (χ0) is 15.2. The predicted molar refractivity (Wildman–Crippen MR) is 78.1 cm³/mol. The van der Waals surface area contributed by atoms with Gasteiger partial charge >= 0.3 is 0 Å². The van der Waals surface area contributed by atoms with Gasteiger partial charge in [-0.1, -0.05) is 6.07 Å². The van der Waals surface area contributed by atoms with Crippen molar-refractivity contribution >= 4 is 17.5 Å². The summed E-state index contributed by atoms with van der Waals surface area (Å²) in [6, 6.07) is 5.40. The number of carbonyl (C=O) groups excluding carboxylic acids is 2. The smallest absolute Gasteiger partial charge is 0.249 e. The number of amides is 2. The van der Waals surface area contributed by atoms with E-state index in [1.807, 2.05) is 6.07 Å². The Morgan fingerprint density at radius 1 is 1.43 bits per heavy atom. The van der Waals surface area contributed by atoms with E-state index in [1.54, 1.807) is 19.2 Å². The second-order valence-corrected chi connectivity index (χ2v) is 4.94. The Hall–Kier alpha value is -2.08. The molecule has 1 heterocycles. The second kappa shape index (κ2) is 7.08. The molecule has 0 aromatic heterocycles. The van der Waals surface area contributed by atoms with Gasteiger partial charge in [-0.05, 0) is 30.5 Å². The highest BCUT2D eigenvalue weighted by molar-refractivity contribution is 5.90. The van der Waals surface area contributed by atoms with Crippen LogP contribution in [0.4, 0.5) is 5.69 Å². The van der Waals surface area contributed by atoms with E-state index < -0.39 is 0 Å². The van der Waals surface area contributed by atoms with E-state index in [9.17, 15) is 9.59 Å². The lowest BCUT2D eigenvalue weighted by Gasteiger charge is -2.13. The lowest BCUT2D eigenvalue weighted by atomic mass is 10.1. The first-order chi connectivity index (χ1) is 10.1. The van der Waals surface area contributed by atoms with E-state index in [0.29, 0.717) is 24.6 Å². The lowest BCUT2D eigenvalue weighted by molar-refractivity contribution is -0.130. The number of ether oxygens (including phenoxy) is 2. The van der Waals surface area contributed by atoms with E-state index in [-0.39, 0.29) is 17.9 Å². The van der Waals surface area contributed by atoms with Crippen molar-refractivity contribution in [1.29, 1.82) is 0 Å². The van der Waals surface area contributed by atoms with Crippen LogP contribution in [0.3, 0.4) is 0 Å². The minimum absolute atomic E-state index is 0.0932. The highest BCUT2D eigenvalue weighted by atomic mass is 16.5. The van der Waals surface area contributed by atoms with Gasteiger partial charge in [-0.2, -0.15) is 0 Å². The van der Waals surface area contributed by atoms with Crippen molar-refractivity contribution in [1.82, 2.24) is 5.32 Å². The summed E-state index contributed by atoms with van der Waals surface area (Å²) in [4.78, 5) is 23.1. The summed E-state index contributed by atoms with van der Waals surface area (Å²) in [5, 5.41) is 5.55. The van der Waals surface area contributed by atoms with Gasteiger partial charge in [0.25, 0.3) is 0 Å². The maximum absolute atomic E-state index is 11.9. The number of benzene rings is 1. The zero-order valence-corrected chi connectivity index (χ0v) is 12.3. The molecule has 1 aromatic carbocycles. The van der Waals surface area contributed by atoms with Crippen molar-refractivity contribution in [3.8, 4) is 5.75 Å². The van der Waals surface area contributed by atoms with Gasteiger partial charge in [0.05, 0.1) is 12.8 Å². The van der Waals surface area contributed by atoms with Crippen molar-refractivity contribution in [2.75, 3.05) is 19.0 Å². The molecular weight excluding hydrogens is 272 g/mol. The molecule has 6 heteroatoms. The molecule has 2 N–H and O–H groups in total. The quantitative estimate of drug-likeness (QED) is 0.861. The van der Waals surface area contributed by atoms with Crippen LogP contribution < -0.4 is 15.4 Å². The average Bonchev–Trinajstić information content (AvgIpc) is 2.98. The van der Waals surface area contributed by atoms with Crippen LogP contribution in [0, 0.1) is 0 Å². The summed E-state index contributed by atoms with van der Waals surface area (Å²) in [6.07, 6.45) is 1.36. The van der Waals surface area contributed by atoms with Gasteiger partial charge in [-0.25, -0.2) is 0 Å². The van der Waals surface area contributed by atoms with E-state index >= 15 is 0 Å². The van der Waals surface area contributed by atoms with Crippen LogP contribution in [0.1, 0.15) is 25.3 Å². The number of methoxy groups -OCH3 is 1. The molecule has 21 heavy (non-hydrogen) atoms. The summed E-state index contributed by atoms with van der Waals surface area (Å²) in [7, 11) is 1.54. The number of hydrogen-bond acceptors (Lipinski definition) is 4. The first-order valence-electron chi connectivity index (χ1n) is 6.94. The Kier molecular flexibility index (Phi) is 5.16. The molecule has 1 fully saturated rings. The summed E-state index contributed by atoms with van der Waals surface area (Å²) < 4.78 is 10.5. The number of hydrogen-bond donors (Lipinski definition) is 2. The highest BCUT2D eigenvalue weighted by Crippen LogP contribution is 2.25. The van der Waals surface area contributed by atoms with Crippen molar-refractivity contribution in [3.63, 3.8) is 0 Å². The Morgan fingerprint density at radius 3 is 2.86 bits per heavy atom. The van der Waals surface area contributed by atoms with E-state index in [4.69, 9.17) is 9.47 Å². The van der Waals surface area contributed by atoms with E-state index in [0.717, 1.165) is 18.4 Å². The van der Waals surface area contributed by atoms with Crippen LogP contribution in [0.5, 0.6) is 5.75 Å². The van der Waals surface area contributed by atoms with Crippen LogP contribution in [0.2, 0.25) is 0 Å². The molecule has 1 aliphatic rings. The topological polar surface area (TPSA) is 76.7 Å². The average molecular weight is 292 g/mol. The maximum Gasteiger partial charge on any atom is 0.249 e. The number of anilines is 1. The van der Waals surface area contributed by atoms with Crippen LogP contribution in [-0.2, 0) is 20.9 Å². The molecule has 2 amide bonds. The van der Waals surface area contributed by atoms with Crippen molar-refractivity contribution in [2.24, 2.45) is 0 Å². The van der Waals surface area contributed by atoms with Crippen LogP contribution in [0.15, 0.2) is 18.2 Å². The Balaban J connectivity index is 1.99. The fourth-order valence-electron chi connectivity index (χ4n) is 2.24. The summed E-state index contributed by atoms with van der Waals surface area (Å²) in [5.41, 5.74) is 1.47. The third-order valence-corrected chi connectivity index (χ3v) is 3.26. The molecule has 114 valence electrons. The fraction of sp³-hybridized carbons (Fsp3) is 0.467. The molecule has 0 spiro atoms. The molecule has 1 atom stereocenters. The monoisotopic (exact) mass is 292 g/mol. The molecule has 6 nitrogen and oxygen atoms in total. The molecule has 2 rings (SSSR count). The van der Waals surface area contributed by atoms with Crippen LogP contribution in [0.25, 0.3) is 0 Å². The van der Waals surface area contributed by atoms with Crippen LogP contribution >= 0.6 is 0 Å². The fourth-order valence-corrected chi connectivity index (χ4v) is 2.24. The largest absolute Gasteiger partial charge is 0.495 e. The molecule has 1 aliphatic heterocycles. The van der Waals surface area contributed by atoms with Crippen molar-refractivity contribution in [3.05, 3.63) is 23.8 Å². The van der Waals surface area contributed by atoms with Gasteiger partial charge in [0, 0.05) is 20.1 Å². The summed E-state index contributed by atoms with van der Waals surface area (Å²) >= 11 is 0. The molecular formula is C15H20N2O4. The number of carbonyl (C=O) groups is 2. The van der Waals surface area contributed by atoms with Crippen molar-refractivity contribution in [2.45, 2.75) is 32.4 Å². The summed E-state index contributed by atoms with van der Waals surface area (Å²) in [6.45, 7) is 2.47. The normalized spacial score (nSPS) is 17.3. The Labute approximate surface area is 123 Å². The lowest BCUT2D eigenvalue weighted by Crippen LogP contribution is -2.33. The molecule has 1 saturated heterocycles. The third kappa shape index (κ3) is 4.19. The van der Waals surface area contributed by atoms with Gasteiger partial charge in [0.15, 0.2) is 0 Å². The zero-order valence-electron chi connectivity index (χ0n) is 12.3. The molecule has 0 saturated carbocycles. The minimum atomic E-state index is -0.335. The van der Waals surface area contributed by atoms with E-state index in [2.05, 4.69) is 10.6 Å². The van der Waals surface area contributed by atoms with Gasteiger partial charge in [0.2, 0.25) is 11.8 Å². The standard InChI is InChI=1S/C15H20N2O4/c1-10(18)17-12-8-11(5-6-13(12)20-2)9-16-15(19)14-4-3-7-21-14/h5-6,8,14H,3-4,7,9H2,1-2H3,(H,16,19)(H,17,18). The van der Waals surface area contributed by atoms with E-state index in [1.165, 1.54) is 6.92 Å². The first-order valence-corrected chi connectivity index (χ1v) is 6.94. The second-order valence-electron chi connectivity index (χ2n) is 4.94. The highest BCUT2D eigenvalue weighted by Gasteiger charge is 2.23. The molecule has 1 unspecified atom stereocenters. The maximum atomic E-state index is 11.9. The van der Waals surface area contributed by atoms with Gasteiger partial charge < -0.3 is 20.1 Å². The molecule has 0 aliphatic carbocycles. The third-order valence-electron chi connectivity index (χ3n) is 3.26.